The average molecular weight is 338 g/mol. The van der Waals surface area contributed by atoms with Crippen molar-refractivity contribution in [1.82, 2.24) is 9.97 Å². The van der Waals surface area contributed by atoms with Crippen molar-refractivity contribution in [3.8, 4) is 0 Å². The third kappa shape index (κ3) is 3.04. The fraction of sp³-hybridized carbons (Fsp3) is 0.421. The maximum Gasteiger partial charge on any atom is 0.306 e. The van der Waals surface area contributed by atoms with Gasteiger partial charge in [0.1, 0.15) is 18.1 Å². The van der Waals surface area contributed by atoms with Crippen LogP contribution in [-0.2, 0) is 9.53 Å². The number of hydrogen-bond acceptors (Lipinski definition) is 6. The number of rotatable bonds is 3. The van der Waals surface area contributed by atoms with Gasteiger partial charge in [-0.1, -0.05) is 0 Å². The van der Waals surface area contributed by atoms with Crippen molar-refractivity contribution in [3.05, 3.63) is 35.8 Å². The molecule has 1 aromatic carbocycles. The zero-order chi connectivity index (χ0) is 17.4. The van der Waals surface area contributed by atoms with Gasteiger partial charge in [-0.05, 0) is 49.9 Å². The number of benzene rings is 1. The van der Waals surface area contributed by atoms with Crippen LogP contribution in [0.5, 0.6) is 0 Å². The maximum absolute atomic E-state index is 11.5. The molecule has 0 spiro atoms. The highest BCUT2D eigenvalue weighted by atomic mass is 16.5. The molecule has 2 aliphatic rings. The molecule has 2 aliphatic heterocycles. The topological polar surface area (TPSA) is 67.4 Å². The van der Waals surface area contributed by atoms with Crippen molar-refractivity contribution < 1.29 is 9.53 Å². The molecule has 1 unspecified atom stereocenters. The maximum atomic E-state index is 11.5. The van der Waals surface area contributed by atoms with Gasteiger partial charge in [-0.25, -0.2) is 9.97 Å². The summed E-state index contributed by atoms with van der Waals surface area (Å²) < 4.78 is 5.48. The van der Waals surface area contributed by atoms with Gasteiger partial charge in [0.2, 0.25) is 0 Å². The Hall–Kier alpha value is -2.63. The second kappa shape index (κ2) is 6.35. The first-order valence-electron chi connectivity index (χ1n) is 8.77. The van der Waals surface area contributed by atoms with E-state index in [9.17, 15) is 4.79 Å². The number of nitrogens with one attached hydrogen (secondary N) is 1. The summed E-state index contributed by atoms with van der Waals surface area (Å²) in [7, 11) is 0. The van der Waals surface area contributed by atoms with Crippen molar-refractivity contribution in [2.45, 2.75) is 45.6 Å². The van der Waals surface area contributed by atoms with E-state index in [2.05, 4.69) is 46.2 Å². The Balaban J connectivity index is 1.64. The summed E-state index contributed by atoms with van der Waals surface area (Å²) >= 11 is 0. The van der Waals surface area contributed by atoms with E-state index in [0.29, 0.717) is 6.42 Å². The number of hydrogen-bond donors (Lipinski definition) is 1. The predicted molar refractivity (Wildman–Crippen MR) is 96.6 cm³/mol. The van der Waals surface area contributed by atoms with Crippen molar-refractivity contribution in [1.29, 1.82) is 0 Å². The van der Waals surface area contributed by atoms with Gasteiger partial charge >= 0.3 is 5.97 Å². The first-order valence-corrected chi connectivity index (χ1v) is 8.77. The van der Waals surface area contributed by atoms with Crippen LogP contribution in [0.4, 0.5) is 22.9 Å². The second-order valence-corrected chi connectivity index (χ2v) is 6.78. The lowest BCUT2D eigenvalue weighted by Gasteiger charge is -2.34. The van der Waals surface area contributed by atoms with Crippen LogP contribution in [0.3, 0.4) is 0 Å². The molecular formula is C19H22N4O2. The largest absolute Gasteiger partial charge is 0.462 e. The van der Waals surface area contributed by atoms with E-state index in [0.717, 1.165) is 48.7 Å². The van der Waals surface area contributed by atoms with Gasteiger partial charge in [0.05, 0.1) is 17.6 Å². The minimum atomic E-state index is -0.0776. The van der Waals surface area contributed by atoms with Crippen molar-refractivity contribution >= 4 is 28.8 Å². The molecule has 2 aromatic rings. The van der Waals surface area contributed by atoms with Crippen molar-refractivity contribution in [2.24, 2.45) is 0 Å². The fourth-order valence-electron chi connectivity index (χ4n) is 3.49. The quantitative estimate of drug-likeness (QED) is 0.859. The lowest BCUT2D eigenvalue weighted by Crippen LogP contribution is -2.31. The number of carbonyl (C=O) groups excluding carboxylic acids is 1. The number of carbonyl (C=O) groups is 1. The third-order valence-electron chi connectivity index (χ3n) is 5.00. The molecule has 6 nitrogen and oxygen atoms in total. The van der Waals surface area contributed by atoms with E-state index in [-0.39, 0.29) is 12.1 Å². The Kier molecular flexibility index (Phi) is 4.03. The summed E-state index contributed by atoms with van der Waals surface area (Å²) in [6, 6.07) is 4.35. The van der Waals surface area contributed by atoms with Crippen molar-refractivity contribution in [3.63, 3.8) is 0 Å². The molecule has 3 heterocycles. The molecule has 0 radical (unpaired) electrons. The van der Waals surface area contributed by atoms with E-state index in [1.54, 1.807) is 12.5 Å². The molecule has 130 valence electrons. The molecule has 0 bridgehead atoms. The van der Waals surface area contributed by atoms with Gasteiger partial charge in [-0.2, -0.15) is 0 Å². The van der Waals surface area contributed by atoms with E-state index in [1.807, 2.05) is 0 Å². The van der Waals surface area contributed by atoms with Crippen LogP contribution in [0.25, 0.3) is 0 Å². The summed E-state index contributed by atoms with van der Waals surface area (Å²) in [6.45, 7) is 4.98. The first-order chi connectivity index (χ1) is 12.1. The van der Waals surface area contributed by atoms with Crippen LogP contribution in [-0.4, -0.2) is 28.6 Å². The SMILES string of the molecule is Cc1cc2c(cc1C)N(CCC1CCCC(=O)O1)c1ncncc1N2. The highest BCUT2D eigenvalue weighted by Gasteiger charge is 2.27. The van der Waals surface area contributed by atoms with Gasteiger partial charge in [-0.3, -0.25) is 4.79 Å². The van der Waals surface area contributed by atoms with Crippen LogP contribution < -0.4 is 10.2 Å². The Bertz CT molecular complexity index is 821. The monoisotopic (exact) mass is 338 g/mol. The Labute approximate surface area is 147 Å². The number of fused-ring (bicyclic) bond motifs is 2. The smallest absolute Gasteiger partial charge is 0.306 e. The molecule has 1 saturated heterocycles. The van der Waals surface area contributed by atoms with Crippen LogP contribution >= 0.6 is 0 Å². The van der Waals surface area contributed by atoms with Gasteiger partial charge in [0.25, 0.3) is 0 Å². The molecule has 1 aromatic heterocycles. The van der Waals surface area contributed by atoms with E-state index >= 15 is 0 Å². The number of cyclic esters (lactones) is 1. The Morgan fingerprint density at radius 3 is 2.96 bits per heavy atom. The normalized spacial score (nSPS) is 18.9. The molecule has 0 aliphatic carbocycles. The highest BCUT2D eigenvalue weighted by molar-refractivity contribution is 5.90. The van der Waals surface area contributed by atoms with Crippen LogP contribution in [0.15, 0.2) is 24.7 Å². The molecule has 0 amide bonds. The summed E-state index contributed by atoms with van der Waals surface area (Å²) in [5.74, 6) is 0.791. The molecule has 1 fully saturated rings. The molecule has 4 rings (SSSR count). The highest BCUT2D eigenvalue weighted by Crippen LogP contribution is 2.43. The van der Waals surface area contributed by atoms with Crippen molar-refractivity contribution in [2.75, 3.05) is 16.8 Å². The Morgan fingerprint density at radius 1 is 1.28 bits per heavy atom. The van der Waals surface area contributed by atoms with E-state index in [4.69, 9.17) is 4.74 Å². The summed E-state index contributed by atoms with van der Waals surface area (Å²) in [5, 5.41) is 3.43. The minimum Gasteiger partial charge on any atom is -0.462 e. The van der Waals surface area contributed by atoms with Gasteiger partial charge in [0.15, 0.2) is 5.82 Å². The zero-order valence-corrected chi connectivity index (χ0v) is 14.6. The fourth-order valence-corrected chi connectivity index (χ4v) is 3.49. The second-order valence-electron chi connectivity index (χ2n) is 6.78. The van der Waals surface area contributed by atoms with Gasteiger partial charge < -0.3 is 15.0 Å². The zero-order valence-electron chi connectivity index (χ0n) is 14.6. The summed E-state index contributed by atoms with van der Waals surface area (Å²) in [6.07, 6.45) is 6.56. The number of esters is 1. The predicted octanol–water partition coefficient (Wildman–Crippen LogP) is 3.77. The number of aromatic nitrogens is 2. The van der Waals surface area contributed by atoms with Gasteiger partial charge in [0, 0.05) is 19.4 Å². The Morgan fingerprint density at radius 2 is 2.12 bits per heavy atom. The summed E-state index contributed by atoms with van der Waals surface area (Å²) in [5.41, 5.74) is 5.56. The average Bonchev–Trinajstić information content (AvgIpc) is 2.60. The lowest BCUT2D eigenvalue weighted by atomic mass is 10.0. The molecule has 1 N–H and O–H groups in total. The molecule has 1 atom stereocenters. The number of anilines is 4. The molecule has 25 heavy (non-hydrogen) atoms. The van der Waals surface area contributed by atoms with E-state index in [1.165, 1.54) is 11.1 Å². The summed E-state index contributed by atoms with van der Waals surface area (Å²) in [4.78, 5) is 22.4. The first kappa shape index (κ1) is 15.9. The molecule has 0 saturated carbocycles. The lowest BCUT2D eigenvalue weighted by molar-refractivity contribution is -0.153. The van der Waals surface area contributed by atoms with E-state index < -0.39 is 0 Å². The van der Waals surface area contributed by atoms with Crippen LogP contribution in [0.1, 0.15) is 36.8 Å². The standard InChI is InChI=1S/C19H22N4O2/c1-12-8-15-17(9-13(12)2)23(19-16(22-15)10-20-11-21-19)7-6-14-4-3-5-18(24)25-14/h8-11,14,22H,3-7H2,1-2H3. The number of nitrogens with zero attached hydrogens (tertiary/aromatic N) is 3. The van der Waals surface area contributed by atoms with Gasteiger partial charge in [-0.15, -0.1) is 0 Å². The third-order valence-corrected chi connectivity index (χ3v) is 5.00. The molecule has 6 heteroatoms. The number of aryl methyl sites for hydroxylation is 2. The number of ether oxygens (including phenoxy) is 1. The van der Waals surface area contributed by atoms with Crippen LogP contribution in [0, 0.1) is 13.8 Å². The van der Waals surface area contributed by atoms with Crippen LogP contribution in [0.2, 0.25) is 0 Å². The molecular weight excluding hydrogens is 316 g/mol. The minimum absolute atomic E-state index is 0.00332.